The molecule has 2 aromatic carbocycles. The minimum Gasteiger partial charge on any atom is -0.487 e. The van der Waals surface area contributed by atoms with Gasteiger partial charge in [-0.2, -0.15) is 0 Å². The summed E-state index contributed by atoms with van der Waals surface area (Å²) in [6.07, 6.45) is 1.31. The lowest BCUT2D eigenvalue weighted by atomic mass is 10.0. The topological polar surface area (TPSA) is 34.1 Å². The van der Waals surface area contributed by atoms with Gasteiger partial charge in [0.25, 0.3) is 0 Å². The van der Waals surface area contributed by atoms with Crippen molar-refractivity contribution in [3.63, 3.8) is 0 Å². The van der Waals surface area contributed by atoms with E-state index in [9.17, 15) is 0 Å². The molecule has 0 aliphatic carbocycles. The van der Waals surface area contributed by atoms with Gasteiger partial charge in [-0.15, -0.1) is 0 Å². The first-order valence-corrected chi connectivity index (χ1v) is 8.50. The molecule has 2 heterocycles. The molecule has 0 unspecified atom stereocenters. The lowest BCUT2D eigenvalue weighted by molar-refractivity contribution is -0.0216. The van der Waals surface area contributed by atoms with Gasteiger partial charge in [0.05, 0.1) is 5.71 Å². The highest BCUT2D eigenvalue weighted by Gasteiger charge is 2.33. The molecule has 4 rings (SSSR count). The molecule has 0 saturated carbocycles. The summed E-state index contributed by atoms with van der Waals surface area (Å²) in [5.74, 6) is 0.994. The van der Waals surface area contributed by atoms with Crippen molar-refractivity contribution >= 4 is 5.71 Å². The monoisotopic (exact) mass is 322 g/mol. The Kier molecular flexibility index (Phi) is 4.22. The number of benzene rings is 2. The second kappa shape index (κ2) is 6.65. The van der Waals surface area contributed by atoms with Crippen molar-refractivity contribution in [2.75, 3.05) is 19.6 Å². The summed E-state index contributed by atoms with van der Waals surface area (Å²) in [6, 6.07) is 18.4. The molecule has 1 fully saturated rings. The van der Waals surface area contributed by atoms with E-state index in [4.69, 9.17) is 9.57 Å². The van der Waals surface area contributed by atoms with Crippen LogP contribution in [0.15, 0.2) is 59.8 Å². The van der Waals surface area contributed by atoms with E-state index in [1.807, 2.05) is 36.4 Å². The normalized spacial score (nSPS) is 21.0. The fraction of sp³-hybridized carbons (Fsp3) is 0.350. The Labute approximate surface area is 142 Å². The summed E-state index contributed by atoms with van der Waals surface area (Å²) in [6.45, 7) is 4.90. The lowest BCUT2D eigenvalue weighted by Gasteiger charge is -2.39. The quantitative estimate of drug-likeness (QED) is 0.847. The van der Waals surface area contributed by atoms with Gasteiger partial charge in [-0.05, 0) is 24.1 Å². The molecule has 0 bridgehead atoms. The van der Waals surface area contributed by atoms with Crippen molar-refractivity contribution in [2.24, 2.45) is 5.16 Å². The number of oxime groups is 1. The molecule has 2 aromatic rings. The highest BCUT2D eigenvalue weighted by atomic mass is 16.6. The number of hydrogen-bond acceptors (Lipinski definition) is 4. The van der Waals surface area contributed by atoms with Crippen LogP contribution in [-0.2, 0) is 4.84 Å². The summed E-state index contributed by atoms with van der Waals surface area (Å²) in [5.41, 5.74) is 3.40. The minimum absolute atomic E-state index is 0.152. The Morgan fingerprint density at radius 1 is 1.08 bits per heavy atom. The van der Waals surface area contributed by atoms with E-state index < -0.39 is 0 Å². The van der Waals surface area contributed by atoms with Crippen LogP contribution in [-0.4, -0.2) is 42.5 Å². The van der Waals surface area contributed by atoms with Gasteiger partial charge in [0, 0.05) is 26.1 Å². The fourth-order valence-electron chi connectivity index (χ4n) is 3.23. The van der Waals surface area contributed by atoms with Crippen LogP contribution in [0.4, 0.5) is 0 Å². The molecule has 2 aliphatic heterocycles. The number of ether oxygens (including phenoxy) is 1. The average Bonchev–Trinajstić information content (AvgIpc) is 3.04. The smallest absolute Gasteiger partial charge is 0.145 e. The second-order valence-electron chi connectivity index (χ2n) is 6.56. The number of aryl methyl sites for hydroxylation is 1. The Morgan fingerprint density at radius 3 is 2.62 bits per heavy atom. The van der Waals surface area contributed by atoms with Gasteiger partial charge in [0.15, 0.2) is 0 Å². The zero-order chi connectivity index (χ0) is 16.4. The van der Waals surface area contributed by atoms with Crippen LogP contribution in [0.25, 0.3) is 0 Å². The standard InChI is InChI=1S/C20H22N2O2/c1-15-7-5-6-10-20(15)23-18-13-22(14-18)12-17-11-19(21-24-17)16-8-3-2-4-9-16/h2-10,17-18H,11-14H2,1H3/t17-/m0/s1. The van der Waals surface area contributed by atoms with Crippen LogP contribution in [0, 0.1) is 6.92 Å². The van der Waals surface area contributed by atoms with Crippen molar-refractivity contribution in [3.05, 3.63) is 65.7 Å². The van der Waals surface area contributed by atoms with E-state index >= 15 is 0 Å². The van der Waals surface area contributed by atoms with Gasteiger partial charge < -0.3 is 9.57 Å². The third-order valence-electron chi connectivity index (χ3n) is 4.61. The van der Waals surface area contributed by atoms with E-state index in [-0.39, 0.29) is 12.2 Å². The fourth-order valence-corrected chi connectivity index (χ4v) is 3.23. The van der Waals surface area contributed by atoms with Crippen molar-refractivity contribution in [2.45, 2.75) is 25.6 Å². The van der Waals surface area contributed by atoms with Crippen LogP contribution >= 0.6 is 0 Å². The molecule has 0 N–H and O–H groups in total. The second-order valence-corrected chi connectivity index (χ2v) is 6.56. The zero-order valence-electron chi connectivity index (χ0n) is 13.9. The first-order valence-electron chi connectivity index (χ1n) is 8.50. The van der Waals surface area contributed by atoms with Crippen LogP contribution in [0.3, 0.4) is 0 Å². The number of hydrogen-bond donors (Lipinski definition) is 0. The van der Waals surface area contributed by atoms with Crippen LogP contribution in [0.1, 0.15) is 17.5 Å². The van der Waals surface area contributed by atoms with Crippen molar-refractivity contribution in [1.82, 2.24) is 4.90 Å². The predicted molar refractivity (Wildman–Crippen MR) is 94.5 cm³/mol. The maximum Gasteiger partial charge on any atom is 0.145 e. The molecule has 24 heavy (non-hydrogen) atoms. The van der Waals surface area contributed by atoms with Gasteiger partial charge in [0.1, 0.15) is 18.0 Å². The number of nitrogens with zero attached hydrogens (tertiary/aromatic N) is 2. The van der Waals surface area contributed by atoms with Crippen molar-refractivity contribution in [3.8, 4) is 5.75 Å². The molecule has 0 spiro atoms. The highest BCUT2D eigenvalue weighted by molar-refractivity contribution is 6.01. The molecule has 124 valence electrons. The lowest BCUT2D eigenvalue weighted by Crippen LogP contribution is -2.55. The van der Waals surface area contributed by atoms with Gasteiger partial charge in [-0.3, -0.25) is 4.90 Å². The minimum atomic E-state index is 0.152. The molecule has 0 radical (unpaired) electrons. The van der Waals surface area contributed by atoms with Crippen molar-refractivity contribution in [1.29, 1.82) is 0 Å². The van der Waals surface area contributed by atoms with Crippen molar-refractivity contribution < 1.29 is 9.57 Å². The third-order valence-corrected chi connectivity index (χ3v) is 4.61. The van der Waals surface area contributed by atoms with E-state index in [0.717, 1.165) is 43.1 Å². The van der Waals surface area contributed by atoms with Crippen LogP contribution in [0.5, 0.6) is 5.75 Å². The maximum absolute atomic E-state index is 6.06. The van der Waals surface area contributed by atoms with Crippen LogP contribution in [0.2, 0.25) is 0 Å². The summed E-state index contributed by atoms with van der Waals surface area (Å²) in [7, 11) is 0. The maximum atomic E-state index is 6.06. The predicted octanol–water partition coefficient (Wildman–Crippen LogP) is 3.25. The average molecular weight is 322 g/mol. The van der Waals surface area contributed by atoms with Gasteiger partial charge in [0.2, 0.25) is 0 Å². The summed E-state index contributed by atoms with van der Waals surface area (Å²) in [4.78, 5) is 7.98. The molecule has 4 nitrogen and oxygen atoms in total. The Hall–Kier alpha value is -2.33. The van der Waals surface area contributed by atoms with E-state index in [2.05, 4.69) is 35.2 Å². The number of likely N-dealkylation sites (tertiary alicyclic amines) is 1. The molecular weight excluding hydrogens is 300 g/mol. The molecule has 0 aromatic heterocycles. The number of rotatable bonds is 5. The summed E-state index contributed by atoms with van der Waals surface area (Å²) in [5, 5.41) is 4.26. The SMILES string of the molecule is Cc1ccccc1OC1CN(C[C@@H]2CC(c3ccccc3)=NO2)C1. The third kappa shape index (κ3) is 3.29. The largest absolute Gasteiger partial charge is 0.487 e. The summed E-state index contributed by atoms with van der Waals surface area (Å²) < 4.78 is 6.06. The summed E-state index contributed by atoms with van der Waals surface area (Å²) >= 11 is 0. The van der Waals surface area contributed by atoms with E-state index in [1.165, 1.54) is 5.56 Å². The molecule has 1 saturated heterocycles. The molecule has 2 aliphatic rings. The van der Waals surface area contributed by atoms with Gasteiger partial charge in [-0.1, -0.05) is 53.7 Å². The molecule has 1 atom stereocenters. The molecule has 4 heteroatoms. The molecule has 0 amide bonds. The van der Waals surface area contributed by atoms with E-state index in [1.54, 1.807) is 0 Å². The zero-order valence-corrected chi connectivity index (χ0v) is 13.9. The van der Waals surface area contributed by atoms with E-state index in [0.29, 0.717) is 0 Å². The first kappa shape index (κ1) is 15.2. The van der Waals surface area contributed by atoms with Crippen LogP contribution < -0.4 is 4.74 Å². The highest BCUT2D eigenvalue weighted by Crippen LogP contribution is 2.23. The number of para-hydroxylation sites is 1. The molecular formula is C20H22N2O2. The Bertz CT molecular complexity index is 723. The van der Waals surface area contributed by atoms with Gasteiger partial charge >= 0.3 is 0 Å². The first-order chi connectivity index (χ1) is 11.8. The van der Waals surface area contributed by atoms with Gasteiger partial charge in [-0.25, -0.2) is 0 Å². The Morgan fingerprint density at radius 2 is 1.83 bits per heavy atom. The Balaban J connectivity index is 1.23.